The summed E-state index contributed by atoms with van der Waals surface area (Å²) in [5, 5.41) is 19.6. The maximum atomic E-state index is 13.7. The molecular weight excluding hydrogens is 472 g/mol. The average Bonchev–Trinajstić information content (AvgIpc) is 3.48. The second-order valence-corrected chi connectivity index (χ2v) is 8.68. The molecule has 0 aliphatic carbocycles. The maximum absolute atomic E-state index is 13.7. The van der Waals surface area contributed by atoms with E-state index < -0.39 is 11.9 Å². The number of nitrogens with one attached hydrogen (secondary N) is 1. The molecule has 0 aliphatic heterocycles. The normalized spacial score (nSPS) is 11.8. The zero-order valence-electron chi connectivity index (χ0n) is 17.2. The number of carbonyl (C=O) groups excluding carboxylic acids is 1. The van der Waals surface area contributed by atoms with Crippen molar-refractivity contribution in [1.29, 1.82) is 0 Å². The van der Waals surface area contributed by atoms with Gasteiger partial charge >= 0.3 is 0 Å². The first kappa shape index (κ1) is 22.8. The lowest BCUT2D eigenvalue weighted by molar-refractivity contribution is 0.0950. The SMILES string of the molecule is C[C@@H](Oc1ccccc1F)c1nnc(SCc2nnc(C(=O)NCc3ccc(F)cc3)s2)o1. The highest BCUT2D eigenvalue weighted by Gasteiger charge is 2.18. The zero-order valence-corrected chi connectivity index (χ0v) is 18.8. The summed E-state index contributed by atoms with van der Waals surface area (Å²) in [7, 11) is 0. The van der Waals surface area contributed by atoms with Gasteiger partial charge in [-0.15, -0.1) is 20.4 Å². The topological polar surface area (TPSA) is 103 Å². The van der Waals surface area contributed by atoms with E-state index >= 15 is 0 Å². The third kappa shape index (κ3) is 6.11. The smallest absolute Gasteiger partial charge is 0.282 e. The molecule has 1 amide bonds. The molecule has 1 atom stereocenters. The third-order valence-electron chi connectivity index (χ3n) is 4.26. The Bertz CT molecular complexity index is 1230. The van der Waals surface area contributed by atoms with E-state index in [9.17, 15) is 13.6 Å². The van der Waals surface area contributed by atoms with E-state index in [4.69, 9.17) is 9.15 Å². The summed E-state index contributed by atoms with van der Waals surface area (Å²) < 4.78 is 37.8. The van der Waals surface area contributed by atoms with Crippen molar-refractivity contribution < 1.29 is 22.7 Å². The second-order valence-electron chi connectivity index (χ2n) is 6.70. The Morgan fingerprint density at radius 2 is 1.91 bits per heavy atom. The summed E-state index contributed by atoms with van der Waals surface area (Å²) in [5.74, 6) is -0.515. The number of ether oxygens (including phenoxy) is 1. The Labute approximate surface area is 195 Å². The van der Waals surface area contributed by atoms with Crippen molar-refractivity contribution in [2.24, 2.45) is 0 Å². The predicted molar refractivity (Wildman–Crippen MR) is 117 cm³/mol. The molecule has 12 heteroatoms. The fraction of sp³-hybridized carbons (Fsp3) is 0.190. The van der Waals surface area contributed by atoms with Gasteiger partial charge in [0.2, 0.25) is 5.01 Å². The Morgan fingerprint density at radius 1 is 1.12 bits per heavy atom. The van der Waals surface area contributed by atoms with Gasteiger partial charge in [-0.1, -0.05) is 47.4 Å². The quantitative estimate of drug-likeness (QED) is 0.341. The van der Waals surface area contributed by atoms with Crippen LogP contribution in [0, 0.1) is 11.6 Å². The summed E-state index contributed by atoms with van der Waals surface area (Å²) in [5.41, 5.74) is 0.769. The fourth-order valence-electron chi connectivity index (χ4n) is 2.61. The lowest BCUT2D eigenvalue weighted by atomic mass is 10.2. The van der Waals surface area contributed by atoms with E-state index in [-0.39, 0.29) is 40.1 Å². The van der Waals surface area contributed by atoms with Gasteiger partial charge in [0.05, 0.1) is 5.75 Å². The predicted octanol–water partition coefficient (Wildman–Crippen LogP) is 4.56. The van der Waals surface area contributed by atoms with Gasteiger partial charge in [0.25, 0.3) is 17.0 Å². The second kappa shape index (κ2) is 10.5. The number of para-hydroxylation sites is 1. The van der Waals surface area contributed by atoms with Crippen molar-refractivity contribution in [1.82, 2.24) is 25.7 Å². The molecule has 2 heterocycles. The van der Waals surface area contributed by atoms with Crippen LogP contribution >= 0.6 is 23.1 Å². The highest BCUT2D eigenvalue weighted by atomic mass is 32.2. The van der Waals surface area contributed by atoms with Gasteiger partial charge in [0.1, 0.15) is 10.8 Å². The molecule has 0 saturated heterocycles. The van der Waals surface area contributed by atoms with Gasteiger partial charge in [-0.3, -0.25) is 4.79 Å². The van der Waals surface area contributed by atoms with Crippen LogP contribution in [0.2, 0.25) is 0 Å². The van der Waals surface area contributed by atoms with Crippen LogP contribution in [0.5, 0.6) is 5.75 Å². The van der Waals surface area contributed by atoms with Gasteiger partial charge in [-0.25, -0.2) is 8.78 Å². The molecule has 4 aromatic rings. The van der Waals surface area contributed by atoms with Crippen LogP contribution in [0.15, 0.2) is 58.2 Å². The van der Waals surface area contributed by atoms with E-state index in [1.807, 2.05) is 0 Å². The van der Waals surface area contributed by atoms with Crippen LogP contribution in [-0.2, 0) is 12.3 Å². The monoisotopic (exact) mass is 489 g/mol. The summed E-state index contributed by atoms with van der Waals surface area (Å²) in [6.45, 7) is 1.93. The minimum atomic E-state index is -0.637. The van der Waals surface area contributed by atoms with E-state index in [1.54, 1.807) is 31.2 Å². The highest BCUT2D eigenvalue weighted by molar-refractivity contribution is 7.98. The lowest BCUT2D eigenvalue weighted by Crippen LogP contribution is -2.22. The summed E-state index contributed by atoms with van der Waals surface area (Å²) >= 11 is 2.37. The number of nitrogens with zero attached hydrogens (tertiary/aromatic N) is 4. The van der Waals surface area contributed by atoms with Crippen LogP contribution < -0.4 is 10.1 Å². The molecule has 2 aromatic carbocycles. The fourth-order valence-corrected chi connectivity index (χ4v) is 4.12. The van der Waals surface area contributed by atoms with Gasteiger partial charge in [-0.05, 0) is 36.8 Å². The molecule has 0 aliphatic rings. The minimum absolute atomic E-state index is 0.0940. The van der Waals surface area contributed by atoms with Crippen molar-refractivity contribution >= 4 is 29.0 Å². The zero-order chi connectivity index (χ0) is 23.2. The molecule has 8 nitrogen and oxygen atoms in total. The Balaban J connectivity index is 1.28. The molecule has 0 fully saturated rings. The van der Waals surface area contributed by atoms with Crippen LogP contribution in [0.1, 0.15) is 39.3 Å². The first-order valence-corrected chi connectivity index (χ1v) is 11.5. The molecule has 1 N–H and O–H groups in total. The number of halogens is 2. The van der Waals surface area contributed by atoms with Crippen LogP contribution in [0.4, 0.5) is 8.78 Å². The first-order valence-electron chi connectivity index (χ1n) is 9.70. The molecule has 33 heavy (non-hydrogen) atoms. The summed E-state index contributed by atoms with van der Waals surface area (Å²) in [6.07, 6.45) is -0.637. The number of hydrogen-bond acceptors (Lipinski definition) is 9. The van der Waals surface area contributed by atoms with Gasteiger partial charge in [-0.2, -0.15) is 0 Å². The number of aromatic nitrogens is 4. The first-order chi connectivity index (χ1) is 16.0. The maximum Gasteiger partial charge on any atom is 0.282 e. The molecule has 2 aromatic heterocycles. The van der Waals surface area contributed by atoms with Crippen molar-refractivity contribution in [3.05, 3.63) is 81.6 Å². The van der Waals surface area contributed by atoms with Crippen LogP contribution in [0.3, 0.4) is 0 Å². The Kier molecular flexibility index (Phi) is 7.25. The van der Waals surface area contributed by atoms with E-state index in [2.05, 4.69) is 25.7 Å². The van der Waals surface area contributed by atoms with E-state index in [1.165, 1.54) is 36.0 Å². The number of carbonyl (C=O) groups is 1. The minimum Gasteiger partial charge on any atom is -0.478 e. The number of rotatable bonds is 9. The summed E-state index contributed by atoms with van der Waals surface area (Å²) in [6, 6.07) is 11.9. The molecule has 0 bridgehead atoms. The average molecular weight is 490 g/mol. The molecule has 4 rings (SSSR count). The van der Waals surface area contributed by atoms with Gasteiger partial charge in [0, 0.05) is 6.54 Å². The van der Waals surface area contributed by atoms with E-state index in [0.717, 1.165) is 16.9 Å². The van der Waals surface area contributed by atoms with Gasteiger partial charge < -0.3 is 14.5 Å². The van der Waals surface area contributed by atoms with Crippen LogP contribution in [-0.4, -0.2) is 26.3 Å². The van der Waals surface area contributed by atoms with Crippen LogP contribution in [0.25, 0.3) is 0 Å². The largest absolute Gasteiger partial charge is 0.478 e. The number of benzene rings is 2. The third-order valence-corrected chi connectivity index (χ3v) is 6.19. The number of amides is 1. The van der Waals surface area contributed by atoms with Crippen molar-refractivity contribution in [3.63, 3.8) is 0 Å². The molecule has 0 unspecified atom stereocenters. The van der Waals surface area contributed by atoms with Gasteiger partial charge in [0.15, 0.2) is 17.7 Å². The molecular formula is C21H17F2N5O3S2. The summed E-state index contributed by atoms with van der Waals surface area (Å²) in [4.78, 5) is 12.3. The number of thioether (sulfide) groups is 1. The highest BCUT2D eigenvalue weighted by Crippen LogP contribution is 2.27. The molecule has 0 radical (unpaired) electrons. The standard InChI is InChI=1S/C21H17F2N5O3S2/c1-12(30-16-5-3-2-4-15(16)23)19-26-28-21(31-19)32-11-17-25-27-20(33-17)18(29)24-10-13-6-8-14(22)9-7-13/h2-9,12H,10-11H2,1H3,(H,24,29)/t12-/m1/s1. The molecule has 0 spiro atoms. The Hall–Kier alpha value is -3.38. The van der Waals surface area contributed by atoms with Crippen molar-refractivity contribution in [2.75, 3.05) is 0 Å². The number of hydrogen-bond donors (Lipinski definition) is 1. The molecule has 0 saturated carbocycles. The lowest BCUT2D eigenvalue weighted by Gasteiger charge is -2.11. The Morgan fingerprint density at radius 3 is 2.70 bits per heavy atom. The molecule has 170 valence electrons. The van der Waals surface area contributed by atoms with Crippen molar-refractivity contribution in [2.45, 2.75) is 30.5 Å². The van der Waals surface area contributed by atoms with E-state index in [0.29, 0.717) is 10.8 Å². The van der Waals surface area contributed by atoms with Crippen molar-refractivity contribution in [3.8, 4) is 5.75 Å².